The van der Waals surface area contributed by atoms with Gasteiger partial charge < -0.3 is 4.57 Å². The molecule has 2 aliphatic rings. The smallest absolute Gasteiger partial charge is 0.164 e. The van der Waals surface area contributed by atoms with Crippen molar-refractivity contribution in [1.82, 2.24) is 19.5 Å². The average molecular weight is 763 g/mol. The van der Waals surface area contributed by atoms with Gasteiger partial charge in [-0.3, -0.25) is 0 Å². The predicted octanol–water partition coefficient (Wildman–Crippen LogP) is 13.5. The number of aromatic nitrogens is 4. The lowest BCUT2D eigenvalue weighted by Crippen LogP contribution is -2.33. The summed E-state index contributed by atoms with van der Waals surface area (Å²) in [6, 6.07) is 74.5. The number of hydrogen-bond donors (Lipinski definition) is 0. The van der Waals surface area contributed by atoms with E-state index in [2.05, 4.69) is 174 Å². The summed E-state index contributed by atoms with van der Waals surface area (Å²) >= 11 is 0. The minimum atomic E-state index is -0.523. The van der Waals surface area contributed by atoms with Gasteiger partial charge in [-0.05, 0) is 55.8 Å². The molecule has 0 saturated carbocycles. The Labute approximate surface area is 346 Å². The fourth-order valence-electron chi connectivity index (χ4n) is 10.5. The third-order valence-electron chi connectivity index (χ3n) is 12.9. The first kappa shape index (κ1) is 33.1. The molecule has 3 heterocycles. The quantitative estimate of drug-likeness (QED) is 0.179. The minimum Gasteiger partial charge on any atom is -0.308 e. The van der Waals surface area contributed by atoms with Gasteiger partial charge in [-0.15, -0.1) is 0 Å². The minimum absolute atomic E-state index is 0.523. The van der Waals surface area contributed by atoms with E-state index in [9.17, 15) is 0 Å². The second kappa shape index (κ2) is 12.5. The van der Waals surface area contributed by atoms with Crippen molar-refractivity contribution in [2.45, 2.75) is 5.41 Å². The van der Waals surface area contributed by atoms with Crippen molar-refractivity contribution in [3.63, 3.8) is 0 Å². The molecular weight excluding hydrogens is 729 g/mol. The molecule has 1 aliphatic heterocycles. The summed E-state index contributed by atoms with van der Waals surface area (Å²) < 4.78 is 2.56. The van der Waals surface area contributed by atoms with E-state index >= 15 is 0 Å². The van der Waals surface area contributed by atoms with E-state index < -0.39 is 5.41 Å². The molecule has 1 spiro atoms. The van der Waals surface area contributed by atoms with Crippen molar-refractivity contribution in [2.24, 2.45) is 0 Å². The van der Waals surface area contributed by atoms with Crippen molar-refractivity contribution in [3.05, 3.63) is 229 Å². The zero-order valence-corrected chi connectivity index (χ0v) is 32.4. The lowest BCUT2D eigenvalue weighted by atomic mass is 9.65. The van der Waals surface area contributed by atoms with Crippen molar-refractivity contribution in [3.8, 4) is 62.1 Å². The highest BCUT2D eigenvalue weighted by molar-refractivity contribution is 6.14. The Balaban J connectivity index is 1.12. The first-order chi connectivity index (χ1) is 29.8. The van der Waals surface area contributed by atoms with E-state index in [0.717, 1.165) is 33.0 Å². The monoisotopic (exact) mass is 762 g/mol. The molecule has 0 N–H and O–H groups in total. The third kappa shape index (κ3) is 4.42. The number of benzene rings is 9. The average Bonchev–Trinajstić information content (AvgIpc) is 3.82. The van der Waals surface area contributed by atoms with Crippen LogP contribution in [0.2, 0.25) is 0 Å². The zero-order chi connectivity index (χ0) is 39.4. The molecule has 0 atom stereocenters. The van der Waals surface area contributed by atoms with E-state index in [1.165, 1.54) is 66.4 Å². The third-order valence-corrected chi connectivity index (χ3v) is 12.9. The molecule has 11 aromatic rings. The summed E-state index contributed by atoms with van der Waals surface area (Å²) in [5.41, 5.74) is 16.2. The van der Waals surface area contributed by atoms with Crippen LogP contribution in [0.5, 0.6) is 0 Å². The summed E-state index contributed by atoms with van der Waals surface area (Å²) in [5, 5.41) is 4.74. The number of rotatable bonds is 4. The van der Waals surface area contributed by atoms with Crippen LogP contribution in [-0.4, -0.2) is 19.5 Å². The maximum absolute atomic E-state index is 5.16. The topological polar surface area (TPSA) is 43.6 Å². The molecule has 13 rings (SSSR count). The molecule has 0 saturated heterocycles. The molecule has 1 aliphatic carbocycles. The van der Waals surface area contributed by atoms with Crippen LogP contribution >= 0.6 is 0 Å². The molecule has 278 valence electrons. The normalized spacial score (nSPS) is 13.1. The van der Waals surface area contributed by atoms with Crippen LogP contribution in [0.15, 0.2) is 206 Å². The van der Waals surface area contributed by atoms with Crippen LogP contribution in [0.4, 0.5) is 0 Å². The van der Waals surface area contributed by atoms with Gasteiger partial charge in [0.05, 0.1) is 22.1 Å². The Hall–Kier alpha value is -7.95. The van der Waals surface area contributed by atoms with Gasteiger partial charge in [0.2, 0.25) is 0 Å². The van der Waals surface area contributed by atoms with Crippen LogP contribution in [0, 0.1) is 0 Å². The second-order valence-corrected chi connectivity index (χ2v) is 15.8. The van der Waals surface area contributed by atoms with Gasteiger partial charge in [0.25, 0.3) is 0 Å². The first-order valence-corrected chi connectivity index (χ1v) is 20.5. The first-order valence-electron chi connectivity index (χ1n) is 20.5. The Kier molecular flexibility index (Phi) is 6.90. The Bertz CT molecular complexity index is 3440. The van der Waals surface area contributed by atoms with E-state index in [0.29, 0.717) is 17.5 Å². The molecule has 0 fully saturated rings. The molecule has 4 heteroatoms. The molecule has 9 aromatic carbocycles. The highest BCUT2D eigenvalue weighted by Crippen LogP contribution is 2.62. The summed E-state index contributed by atoms with van der Waals surface area (Å²) in [4.78, 5) is 15.3. The van der Waals surface area contributed by atoms with Gasteiger partial charge in [-0.25, -0.2) is 15.0 Å². The highest BCUT2D eigenvalue weighted by Gasteiger charge is 2.51. The lowest BCUT2D eigenvalue weighted by Gasteiger charge is -2.40. The van der Waals surface area contributed by atoms with E-state index in [1.807, 2.05) is 36.4 Å². The van der Waals surface area contributed by atoms with Gasteiger partial charge >= 0.3 is 0 Å². The maximum Gasteiger partial charge on any atom is 0.164 e. The molecule has 2 aromatic heterocycles. The number of para-hydroxylation sites is 3. The van der Waals surface area contributed by atoms with Crippen LogP contribution in [0.1, 0.15) is 22.3 Å². The van der Waals surface area contributed by atoms with E-state index in [-0.39, 0.29) is 0 Å². The Morgan fingerprint density at radius 2 is 0.750 bits per heavy atom. The van der Waals surface area contributed by atoms with Crippen LogP contribution < -0.4 is 0 Å². The summed E-state index contributed by atoms with van der Waals surface area (Å²) in [7, 11) is 0. The van der Waals surface area contributed by atoms with Gasteiger partial charge in [-0.1, -0.05) is 200 Å². The van der Waals surface area contributed by atoms with E-state index in [1.54, 1.807) is 0 Å². The number of nitrogens with zero attached hydrogens (tertiary/aromatic N) is 4. The SMILES string of the molecule is c1ccc(-c2nc(-c3ccccc3)nc(-c3cccc4c(-c5cccc6c5-n5c7ccccc7c7cccc(c75)C65c6ccccc6-c6ccccc65)cccc34)n2)cc1. The molecule has 4 nitrogen and oxygen atoms in total. The standard InChI is InChI=1S/C56H34N4/c1-3-17-35(18-4-1)53-57-54(36-19-5-2-6-20-36)59-55(58-53)45-29-14-24-37-38(25-13-26-39(37)45)43-27-15-32-48-51(43)60-50-34-12-9-23-42(50)44-28-16-33-49(52(44)60)56(48)46-30-10-7-21-40(46)41-22-8-11-31-47(41)56/h1-34H. The van der Waals surface area contributed by atoms with Crippen molar-refractivity contribution in [2.75, 3.05) is 0 Å². The largest absolute Gasteiger partial charge is 0.308 e. The van der Waals surface area contributed by atoms with E-state index in [4.69, 9.17) is 15.0 Å². The maximum atomic E-state index is 5.16. The predicted molar refractivity (Wildman–Crippen MR) is 244 cm³/mol. The fraction of sp³-hybridized carbons (Fsp3) is 0.0179. The number of fused-ring (bicyclic) bond motifs is 13. The van der Waals surface area contributed by atoms with Gasteiger partial charge in [0.1, 0.15) is 0 Å². The summed E-state index contributed by atoms with van der Waals surface area (Å²) in [6.45, 7) is 0. The molecule has 0 radical (unpaired) electrons. The molecule has 60 heavy (non-hydrogen) atoms. The lowest BCUT2D eigenvalue weighted by molar-refractivity contribution is 0.749. The second-order valence-electron chi connectivity index (χ2n) is 15.8. The summed E-state index contributed by atoms with van der Waals surface area (Å²) in [6.07, 6.45) is 0. The molecule has 0 bridgehead atoms. The molecule has 0 amide bonds. The Morgan fingerprint density at radius 1 is 0.300 bits per heavy atom. The van der Waals surface area contributed by atoms with Gasteiger partial charge in [-0.2, -0.15) is 0 Å². The molecule has 0 unspecified atom stereocenters. The van der Waals surface area contributed by atoms with Crippen LogP contribution in [0.25, 0.3) is 94.7 Å². The van der Waals surface area contributed by atoms with Gasteiger partial charge in [0.15, 0.2) is 17.5 Å². The highest BCUT2D eigenvalue weighted by atomic mass is 15.0. The van der Waals surface area contributed by atoms with Crippen LogP contribution in [-0.2, 0) is 5.41 Å². The fourth-order valence-corrected chi connectivity index (χ4v) is 10.5. The summed E-state index contributed by atoms with van der Waals surface area (Å²) in [5.74, 6) is 1.94. The van der Waals surface area contributed by atoms with Crippen LogP contribution in [0.3, 0.4) is 0 Å². The zero-order valence-electron chi connectivity index (χ0n) is 32.4. The number of hydrogen-bond acceptors (Lipinski definition) is 3. The van der Waals surface area contributed by atoms with Crippen molar-refractivity contribution < 1.29 is 0 Å². The Morgan fingerprint density at radius 3 is 1.45 bits per heavy atom. The molecular formula is C56H34N4. The van der Waals surface area contributed by atoms with Gasteiger partial charge in [0, 0.05) is 33.0 Å². The van der Waals surface area contributed by atoms with Crippen molar-refractivity contribution >= 4 is 32.6 Å². The van der Waals surface area contributed by atoms with Crippen molar-refractivity contribution in [1.29, 1.82) is 0 Å².